The van der Waals surface area contributed by atoms with Gasteiger partial charge in [0.2, 0.25) is 0 Å². The molecule has 1 aliphatic rings. The molecule has 11 heteroatoms. The maximum Gasteiger partial charge on any atom is 0.425 e. The van der Waals surface area contributed by atoms with Gasteiger partial charge in [-0.25, -0.2) is 8.42 Å². The van der Waals surface area contributed by atoms with Gasteiger partial charge in [0.05, 0.1) is 27.2 Å². The van der Waals surface area contributed by atoms with Crippen molar-refractivity contribution in [3.8, 4) is 5.75 Å². The summed E-state index contributed by atoms with van der Waals surface area (Å²) < 4.78 is 73.1. The van der Waals surface area contributed by atoms with E-state index in [9.17, 15) is 31.5 Å². The number of ether oxygens (including phenoxy) is 2. The predicted molar refractivity (Wildman–Crippen MR) is 89.7 cm³/mol. The molecule has 0 amide bonds. The van der Waals surface area contributed by atoms with Crippen LogP contribution in [0.2, 0.25) is 5.02 Å². The molecule has 4 atom stereocenters. The number of carboxylic acids is 1. The van der Waals surface area contributed by atoms with Crippen molar-refractivity contribution in [3.05, 3.63) is 23.2 Å². The van der Waals surface area contributed by atoms with Crippen LogP contribution in [0, 0.1) is 5.92 Å². The number of benzene rings is 1. The minimum Gasteiger partial charge on any atom is -0.481 e. The first-order valence-electron chi connectivity index (χ1n) is 7.90. The maximum absolute atomic E-state index is 12.8. The third kappa shape index (κ3) is 4.67. The summed E-state index contributed by atoms with van der Waals surface area (Å²) in [6, 6.07) is 3.14. The fourth-order valence-electron chi connectivity index (χ4n) is 2.96. The molecule has 1 fully saturated rings. The van der Waals surface area contributed by atoms with Gasteiger partial charge in [0.25, 0.3) is 0 Å². The maximum atomic E-state index is 12.8. The summed E-state index contributed by atoms with van der Waals surface area (Å²) in [7, 11) is -2.70. The van der Waals surface area contributed by atoms with E-state index >= 15 is 0 Å². The van der Waals surface area contributed by atoms with Gasteiger partial charge in [0, 0.05) is 13.2 Å². The summed E-state index contributed by atoms with van der Waals surface area (Å²) in [5.74, 6) is -2.35. The molecular weight excluding hydrogens is 413 g/mol. The van der Waals surface area contributed by atoms with Gasteiger partial charge in [-0.1, -0.05) is 11.6 Å². The molecule has 0 saturated heterocycles. The second kappa shape index (κ2) is 7.84. The third-order valence-corrected chi connectivity index (χ3v) is 7.16. The number of halogens is 4. The Morgan fingerprint density at radius 3 is 2.41 bits per heavy atom. The van der Waals surface area contributed by atoms with Gasteiger partial charge < -0.3 is 14.6 Å². The standard InChI is InChI=1S/C16H18ClF3O6S/c1-8(16(18,19)20)26-9-3-4-14(12(17)5-9)27(23,24)10-6-11(15(21)22)13(7-10)25-2/h3-5,8,10-11,13H,6-7H2,1-2H3,(H,21,22)/t8-,10+,11+,13+/m0/s1. The van der Waals surface area contributed by atoms with Crippen molar-refractivity contribution in [2.24, 2.45) is 5.92 Å². The number of hydrogen-bond acceptors (Lipinski definition) is 5. The highest BCUT2D eigenvalue weighted by atomic mass is 35.5. The SMILES string of the molecule is CO[C@@H]1C[C@H](S(=O)(=O)c2ccc(O[C@@H](C)C(F)(F)F)cc2Cl)C[C@H]1C(=O)O. The highest BCUT2D eigenvalue weighted by Crippen LogP contribution is 2.38. The summed E-state index contributed by atoms with van der Waals surface area (Å²) in [4.78, 5) is 11.0. The van der Waals surface area contributed by atoms with E-state index in [4.69, 9.17) is 21.1 Å². The number of rotatable bonds is 6. The molecule has 1 saturated carbocycles. The Labute approximate surface area is 159 Å². The lowest BCUT2D eigenvalue weighted by molar-refractivity contribution is -0.189. The fourth-order valence-corrected chi connectivity index (χ4v) is 5.31. The molecule has 1 aromatic rings. The van der Waals surface area contributed by atoms with Crippen molar-refractivity contribution in [2.75, 3.05) is 7.11 Å². The topological polar surface area (TPSA) is 89.9 Å². The zero-order valence-electron chi connectivity index (χ0n) is 14.4. The van der Waals surface area contributed by atoms with Crippen molar-refractivity contribution in [2.45, 2.75) is 48.3 Å². The first-order chi connectivity index (χ1) is 12.4. The van der Waals surface area contributed by atoms with Crippen LogP contribution in [0.1, 0.15) is 19.8 Å². The molecule has 0 aromatic heterocycles. The summed E-state index contributed by atoms with van der Waals surface area (Å²) in [6.45, 7) is 0.814. The Morgan fingerprint density at radius 1 is 1.33 bits per heavy atom. The molecule has 1 aliphatic carbocycles. The average Bonchev–Trinajstić information content (AvgIpc) is 2.99. The number of carboxylic acid groups (broad SMARTS) is 1. The molecule has 1 N–H and O–H groups in total. The van der Waals surface area contributed by atoms with E-state index in [-0.39, 0.29) is 28.5 Å². The largest absolute Gasteiger partial charge is 0.481 e. The number of methoxy groups -OCH3 is 1. The van der Waals surface area contributed by atoms with E-state index in [1.807, 2.05) is 0 Å². The van der Waals surface area contributed by atoms with Crippen LogP contribution in [0.5, 0.6) is 5.75 Å². The van der Waals surface area contributed by atoms with Crippen LogP contribution in [-0.2, 0) is 19.4 Å². The van der Waals surface area contributed by atoms with Gasteiger partial charge in [-0.3, -0.25) is 4.79 Å². The molecule has 0 unspecified atom stereocenters. The lowest BCUT2D eigenvalue weighted by Crippen LogP contribution is -2.31. The normalized spacial score (nSPS) is 24.6. The zero-order valence-corrected chi connectivity index (χ0v) is 15.9. The first-order valence-corrected chi connectivity index (χ1v) is 9.82. The van der Waals surface area contributed by atoms with Crippen LogP contribution in [-0.4, -0.2) is 50.2 Å². The zero-order chi connectivity index (χ0) is 20.6. The number of hydrogen-bond donors (Lipinski definition) is 1. The highest BCUT2D eigenvalue weighted by Gasteiger charge is 2.45. The Hall–Kier alpha value is -1.52. The van der Waals surface area contributed by atoms with Crippen LogP contribution in [0.3, 0.4) is 0 Å². The van der Waals surface area contributed by atoms with Gasteiger partial charge in [-0.05, 0) is 31.9 Å². The number of carbonyl (C=O) groups is 1. The Morgan fingerprint density at radius 2 is 1.96 bits per heavy atom. The Bertz CT molecular complexity index is 811. The van der Waals surface area contributed by atoms with Crippen LogP contribution >= 0.6 is 11.6 Å². The molecule has 0 spiro atoms. The van der Waals surface area contributed by atoms with Crippen molar-refractivity contribution < 1.29 is 41.0 Å². The number of alkyl halides is 3. The van der Waals surface area contributed by atoms with E-state index in [1.165, 1.54) is 7.11 Å². The second-order valence-electron chi connectivity index (χ2n) is 6.25. The van der Waals surface area contributed by atoms with E-state index in [1.54, 1.807) is 0 Å². The van der Waals surface area contributed by atoms with Gasteiger partial charge >= 0.3 is 12.1 Å². The molecule has 6 nitrogen and oxygen atoms in total. The molecule has 0 radical (unpaired) electrons. The minimum atomic E-state index is -4.58. The summed E-state index contributed by atoms with van der Waals surface area (Å²) in [5, 5.41) is 7.88. The smallest absolute Gasteiger partial charge is 0.425 e. The summed E-state index contributed by atoms with van der Waals surface area (Å²) >= 11 is 5.97. The van der Waals surface area contributed by atoms with E-state index < -0.39 is 45.4 Å². The quantitative estimate of drug-likeness (QED) is 0.744. The molecule has 152 valence electrons. The molecule has 0 aliphatic heterocycles. The molecule has 27 heavy (non-hydrogen) atoms. The number of aliphatic carboxylic acids is 1. The van der Waals surface area contributed by atoms with Gasteiger partial charge in [0.1, 0.15) is 5.75 Å². The van der Waals surface area contributed by atoms with Crippen molar-refractivity contribution >= 4 is 27.4 Å². The lowest BCUT2D eigenvalue weighted by atomic mass is 10.1. The third-order valence-electron chi connectivity index (χ3n) is 4.50. The van der Waals surface area contributed by atoms with Gasteiger partial charge in [-0.15, -0.1) is 0 Å². The van der Waals surface area contributed by atoms with Gasteiger partial charge in [0.15, 0.2) is 15.9 Å². The van der Waals surface area contributed by atoms with Crippen molar-refractivity contribution in [1.82, 2.24) is 0 Å². The first kappa shape index (κ1) is 21.8. The van der Waals surface area contributed by atoms with Gasteiger partial charge in [-0.2, -0.15) is 13.2 Å². The monoisotopic (exact) mass is 430 g/mol. The van der Waals surface area contributed by atoms with E-state index in [0.29, 0.717) is 0 Å². The van der Waals surface area contributed by atoms with E-state index in [0.717, 1.165) is 25.1 Å². The van der Waals surface area contributed by atoms with Crippen molar-refractivity contribution in [1.29, 1.82) is 0 Å². The summed E-state index contributed by atoms with van der Waals surface area (Å²) in [6.07, 6.45) is -7.59. The molecule has 0 bridgehead atoms. The number of sulfone groups is 1. The fraction of sp³-hybridized carbons (Fsp3) is 0.562. The average molecular weight is 431 g/mol. The molecular formula is C16H18ClF3O6S. The van der Waals surface area contributed by atoms with Crippen LogP contribution < -0.4 is 4.74 Å². The Balaban J connectivity index is 2.26. The minimum absolute atomic E-state index is 0.0184. The lowest BCUT2D eigenvalue weighted by Gasteiger charge is -2.19. The van der Waals surface area contributed by atoms with Crippen molar-refractivity contribution in [3.63, 3.8) is 0 Å². The van der Waals surface area contributed by atoms with Crippen LogP contribution in [0.15, 0.2) is 23.1 Å². The van der Waals surface area contributed by atoms with Crippen LogP contribution in [0.25, 0.3) is 0 Å². The highest BCUT2D eigenvalue weighted by molar-refractivity contribution is 7.92. The molecule has 2 rings (SSSR count). The predicted octanol–water partition coefficient (Wildman–Crippen LogP) is 3.32. The second-order valence-corrected chi connectivity index (χ2v) is 8.85. The van der Waals surface area contributed by atoms with Crippen LogP contribution in [0.4, 0.5) is 13.2 Å². The van der Waals surface area contributed by atoms with E-state index in [2.05, 4.69) is 0 Å². The Kier molecular flexibility index (Phi) is 6.33. The molecule has 0 heterocycles. The summed E-state index contributed by atoms with van der Waals surface area (Å²) in [5.41, 5.74) is 0. The molecule has 1 aromatic carbocycles.